The van der Waals surface area contributed by atoms with Gasteiger partial charge in [-0.2, -0.15) is 5.10 Å². The van der Waals surface area contributed by atoms with E-state index in [1.807, 2.05) is 35.1 Å². The maximum Gasteiger partial charge on any atom is 0.246 e. The Bertz CT molecular complexity index is 708. The zero-order valence-corrected chi connectivity index (χ0v) is 12.9. The van der Waals surface area contributed by atoms with E-state index in [2.05, 4.69) is 15.7 Å². The molecule has 1 atom stereocenters. The van der Waals surface area contributed by atoms with Crippen LogP contribution in [0.25, 0.3) is 0 Å². The van der Waals surface area contributed by atoms with Crippen molar-refractivity contribution < 1.29 is 9.53 Å². The zero-order valence-electron chi connectivity index (χ0n) is 12.9. The molecular weight excluding hydrogens is 292 g/mol. The van der Waals surface area contributed by atoms with E-state index in [0.29, 0.717) is 13.2 Å². The number of aromatic nitrogens is 2. The van der Waals surface area contributed by atoms with Gasteiger partial charge in [-0.05, 0) is 24.8 Å². The highest BCUT2D eigenvalue weighted by Crippen LogP contribution is 2.31. The Balaban J connectivity index is 1.48. The average molecular weight is 312 g/mol. The monoisotopic (exact) mass is 312 g/mol. The van der Waals surface area contributed by atoms with Crippen LogP contribution in [0.1, 0.15) is 24.4 Å². The molecule has 0 bridgehead atoms. The summed E-state index contributed by atoms with van der Waals surface area (Å²) in [6, 6.07) is 7.25. The van der Waals surface area contributed by atoms with Crippen molar-refractivity contribution in [3.63, 3.8) is 0 Å². The lowest BCUT2D eigenvalue weighted by atomic mass is 10.1. The summed E-state index contributed by atoms with van der Waals surface area (Å²) >= 11 is 0. The quantitative estimate of drug-likeness (QED) is 0.905. The molecule has 2 aromatic rings. The van der Waals surface area contributed by atoms with Gasteiger partial charge in [0.2, 0.25) is 5.91 Å². The molecule has 2 heterocycles. The standard InChI is InChI=1S/C17H20N4O2/c22-17(20-13-9-19-21(11-13)10-12-5-6-12)16-14-3-1-2-4-15(14)23-8-7-18-16/h1-4,9,11-12,16,18H,5-8,10H2,(H,20,22). The van der Waals surface area contributed by atoms with Gasteiger partial charge in [0.25, 0.3) is 0 Å². The number of nitrogens with zero attached hydrogens (tertiary/aromatic N) is 2. The first-order chi connectivity index (χ1) is 11.3. The van der Waals surface area contributed by atoms with Gasteiger partial charge in [0.1, 0.15) is 18.4 Å². The number of ether oxygens (including phenoxy) is 1. The summed E-state index contributed by atoms with van der Waals surface area (Å²) in [6.45, 7) is 2.13. The highest BCUT2D eigenvalue weighted by Gasteiger charge is 2.26. The highest BCUT2D eigenvalue weighted by molar-refractivity contribution is 5.95. The number of carbonyl (C=O) groups excluding carboxylic acids is 1. The Morgan fingerprint density at radius 1 is 1.39 bits per heavy atom. The van der Waals surface area contributed by atoms with E-state index in [1.54, 1.807) is 6.20 Å². The fourth-order valence-corrected chi connectivity index (χ4v) is 2.87. The summed E-state index contributed by atoms with van der Waals surface area (Å²) in [5.41, 5.74) is 1.60. The Morgan fingerprint density at radius 3 is 3.13 bits per heavy atom. The third-order valence-corrected chi connectivity index (χ3v) is 4.24. The van der Waals surface area contributed by atoms with Crippen molar-refractivity contribution >= 4 is 11.6 Å². The predicted molar refractivity (Wildman–Crippen MR) is 86.3 cm³/mol. The van der Waals surface area contributed by atoms with Crippen LogP contribution >= 0.6 is 0 Å². The number of rotatable bonds is 4. The molecule has 1 saturated carbocycles. The molecule has 1 aliphatic carbocycles. The molecule has 6 nitrogen and oxygen atoms in total. The van der Waals surface area contributed by atoms with Gasteiger partial charge in [0, 0.05) is 24.8 Å². The molecule has 120 valence electrons. The lowest BCUT2D eigenvalue weighted by molar-refractivity contribution is -0.118. The topological polar surface area (TPSA) is 68.2 Å². The van der Waals surface area contributed by atoms with E-state index in [0.717, 1.165) is 29.5 Å². The van der Waals surface area contributed by atoms with Crippen LogP contribution in [-0.4, -0.2) is 28.8 Å². The Morgan fingerprint density at radius 2 is 2.26 bits per heavy atom. The minimum absolute atomic E-state index is 0.0890. The second-order valence-electron chi connectivity index (χ2n) is 6.16. The van der Waals surface area contributed by atoms with Crippen molar-refractivity contribution in [3.8, 4) is 5.75 Å². The molecule has 0 radical (unpaired) electrons. The van der Waals surface area contributed by atoms with Crippen LogP contribution in [0, 0.1) is 5.92 Å². The normalized spacial score (nSPS) is 20.3. The number of hydrogen-bond acceptors (Lipinski definition) is 4. The molecular formula is C17H20N4O2. The van der Waals surface area contributed by atoms with Gasteiger partial charge in [0.05, 0.1) is 11.9 Å². The van der Waals surface area contributed by atoms with Gasteiger partial charge in [0.15, 0.2) is 0 Å². The van der Waals surface area contributed by atoms with Crippen molar-refractivity contribution in [1.82, 2.24) is 15.1 Å². The first-order valence-electron chi connectivity index (χ1n) is 8.08. The Hall–Kier alpha value is -2.34. The van der Waals surface area contributed by atoms with Crippen molar-refractivity contribution in [2.75, 3.05) is 18.5 Å². The van der Waals surface area contributed by atoms with Crippen molar-refractivity contribution in [2.24, 2.45) is 5.92 Å². The Kier molecular flexibility index (Phi) is 3.75. The van der Waals surface area contributed by atoms with E-state index in [1.165, 1.54) is 12.8 Å². The average Bonchev–Trinajstić information content (AvgIpc) is 3.30. The van der Waals surface area contributed by atoms with E-state index < -0.39 is 6.04 Å². The molecule has 2 N–H and O–H groups in total. The van der Waals surface area contributed by atoms with Crippen molar-refractivity contribution in [2.45, 2.75) is 25.4 Å². The number of carbonyl (C=O) groups is 1. The lowest BCUT2D eigenvalue weighted by Gasteiger charge is -2.16. The lowest BCUT2D eigenvalue weighted by Crippen LogP contribution is -2.33. The predicted octanol–water partition coefficient (Wildman–Crippen LogP) is 1.95. The molecule has 0 spiro atoms. The van der Waals surface area contributed by atoms with Gasteiger partial charge < -0.3 is 10.1 Å². The minimum Gasteiger partial charge on any atom is -0.492 e. The summed E-state index contributed by atoms with van der Waals surface area (Å²) in [5, 5.41) is 10.5. The van der Waals surface area contributed by atoms with Crippen molar-refractivity contribution in [3.05, 3.63) is 42.2 Å². The smallest absolute Gasteiger partial charge is 0.246 e. The highest BCUT2D eigenvalue weighted by atomic mass is 16.5. The number of fused-ring (bicyclic) bond motifs is 1. The third kappa shape index (κ3) is 3.22. The molecule has 0 saturated heterocycles. The summed E-state index contributed by atoms with van der Waals surface area (Å²) in [5.74, 6) is 1.43. The molecule has 1 aromatic heterocycles. The van der Waals surface area contributed by atoms with Crippen LogP contribution in [0.2, 0.25) is 0 Å². The van der Waals surface area contributed by atoms with E-state index in [9.17, 15) is 4.79 Å². The molecule has 1 fully saturated rings. The first kappa shape index (κ1) is 14.3. The number of benzene rings is 1. The van der Waals surface area contributed by atoms with Crippen LogP contribution in [0.5, 0.6) is 5.75 Å². The summed E-state index contributed by atoms with van der Waals surface area (Å²) < 4.78 is 7.58. The molecule has 2 aliphatic rings. The van der Waals surface area contributed by atoms with Gasteiger partial charge in [-0.3, -0.25) is 14.8 Å². The number of anilines is 1. The molecule has 6 heteroatoms. The van der Waals surface area contributed by atoms with Crippen molar-refractivity contribution in [1.29, 1.82) is 0 Å². The summed E-state index contributed by atoms with van der Waals surface area (Å²) in [7, 11) is 0. The van der Waals surface area contributed by atoms with Crippen LogP contribution in [0.4, 0.5) is 5.69 Å². The van der Waals surface area contributed by atoms with Crippen LogP contribution in [-0.2, 0) is 11.3 Å². The zero-order chi connectivity index (χ0) is 15.6. The molecule has 1 aliphatic heterocycles. The van der Waals surface area contributed by atoms with E-state index in [-0.39, 0.29) is 5.91 Å². The van der Waals surface area contributed by atoms with Crippen LogP contribution in [0.3, 0.4) is 0 Å². The van der Waals surface area contributed by atoms with Crippen LogP contribution in [0.15, 0.2) is 36.7 Å². The molecule has 1 aromatic carbocycles. The first-order valence-corrected chi connectivity index (χ1v) is 8.08. The summed E-state index contributed by atoms with van der Waals surface area (Å²) in [4.78, 5) is 12.7. The molecule has 1 unspecified atom stereocenters. The molecule has 4 rings (SSSR count). The van der Waals surface area contributed by atoms with E-state index >= 15 is 0 Å². The third-order valence-electron chi connectivity index (χ3n) is 4.24. The van der Waals surface area contributed by atoms with E-state index in [4.69, 9.17) is 4.74 Å². The number of para-hydroxylation sites is 1. The second kappa shape index (κ2) is 6.04. The number of amides is 1. The Labute approximate surface area is 134 Å². The SMILES string of the molecule is O=C(Nc1cnn(CC2CC2)c1)C1NCCOc2ccccc21. The largest absolute Gasteiger partial charge is 0.492 e. The maximum atomic E-state index is 12.7. The molecule has 23 heavy (non-hydrogen) atoms. The van der Waals surface area contributed by atoms with Gasteiger partial charge in [-0.25, -0.2) is 0 Å². The van der Waals surface area contributed by atoms with Gasteiger partial charge in [-0.1, -0.05) is 18.2 Å². The second-order valence-corrected chi connectivity index (χ2v) is 6.16. The maximum absolute atomic E-state index is 12.7. The fraction of sp³-hybridized carbons (Fsp3) is 0.412. The number of hydrogen-bond donors (Lipinski definition) is 2. The fourth-order valence-electron chi connectivity index (χ4n) is 2.87. The van der Waals surface area contributed by atoms with Gasteiger partial charge >= 0.3 is 0 Å². The molecule has 1 amide bonds. The number of nitrogens with one attached hydrogen (secondary N) is 2. The van der Waals surface area contributed by atoms with Crippen LogP contribution < -0.4 is 15.4 Å². The van der Waals surface area contributed by atoms with Gasteiger partial charge in [-0.15, -0.1) is 0 Å². The summed E-state index contributed by atoms with van der Waals surface area (Å²) in [6.07, 6.45) is 6.17. The minimum atomic E-state index is -0.416.